The van der Waals surface area contributed by atoms with Crippen LogP contribution in [0.1, 0.15) is 65.4 Å². The van der Waals surface area contributed by atoms with Crippen LogP contribution in [0.3, 0.4) is 0 Å². The summed E-state index contributed by atoms with van der Waals surface area (Å²) < 4.78 is 7.60. The summed E-state index contributed by atoms with van der Waals surface area (Å²) in [5.74, 6) is 1.41. The van der Waals surface area contributed by atoms with Gasteiger partial charge in [0.15, 0.2) is 5.16 Å². The molecule has 0 spiro atoms. The minimum Gasteiger partial charge on any atom is -0.465 e. The van der Waals surface area contributed by atoms with Crippen LogP contribution in [0.15, 0.2) is 46.5 Å². The molecule has 0 N–H and O–H groups in total. The van der Waals surface area contributed by atoms with E-state index in [0.29, 0.717) is 18.1 Å². The summed E-state index contributed by atoms with van der Waals surface area (Å²) >= 11 is 1.61. The first kappa shape index (κ1) is 24.6. The fraction of sp³-hybridized carbons (Fsp3) is 0.577. The topological polar surface area (TPSA) is 61.2 Å². The lowest BCUT2D eigenvalue weighted by atomic mass is 9.46. The number of rotatable bonds is 10. The van der Waals surface area contributed by atoms with Crippen molar-refractivity contribution in [2.24, 2.45) is 16.7 Å². The number of benzene rings is 1. The zero-order valence-electron chi connectivity index (χ0n) is 20.0. The average Bonchev–Trinajstić information content (AvgIpc) is 2.78. The summed E-state index contributed by atoms with van der Waals surface area (Å²) in [6.07, 6.45) is 6.78. The van der Waals surface area contributed by atoms with Gasteiger partial charge >= 0.3 is 5.97 Å². The Labute approximate surface area is 196 Å². The van der Waals surface area contributed by atoms with E-state index in [-0.39, 0.29) is 22.4 Å². The predicted molar refractivity (Wildman–Crippen MR) is 130 cm³/mol. The number of ether oxygens (including phenoxy) is 1. The molecule has 2 atom stereocenters. The molecule has 6 heteroatoms. The lowest BCUT2D eigenvalue weighted by Gasteiger charge is -2.57. The first-order valence-electron chi connectivity index (χ1n) is 11.6. The van der Waals surface area contributed by atoms with Gasteiger partial charge in [0.05, 0.1) is 12.0 Å². The largest absolute Gasteiger partial charge is 0.465 e. The smallest absolute Gasteiger partial charge is 0.312 e. The van der Waals surface area contributed by atoms with Crippen molar-refractivity contribution in [3.05, 3.63) is 52.4 Å². The highest BCUT2D eigenvalue weighted by molar-refractivity contribution is 7.99. The molecule has 1 aliphatic rings. The standard InChI is InChI=1S/C26H36N2O3S/c1-19-18-28(21-13-9-8-10-14-21)24(27-22(19)29)32-16-12-7-6-11-15-31-23(30)26(5)17-20(2)25(26,3)4/h8-10,13-14,18,20H,6-7,11-12,15-17H2,1-5H3. The average molecular weight is 457 g/mol. The Balaban J connectivity index is 1.39. The van der Waals surface area contributed by atoms with Crippen molar-refractivity contribution in [1.82, 2.24) is 9.55 Å². The second-order valence-corrected chi connectivity index (χ2v) is 10.8. The van der Waals surface area contributed by atoms with Crippen molar-refractivity contribution < 1.29 is 9.53 Å². The first-order valence-corrected chi connectivity index (χ1v) is 12.6. The monoisotopic (exact) mass is 456 g/mol. The van der Waals surface area contributed by atoms with Crippen molar-refractivity contribution in [2.75, 3.05) is 12.4 Å². The number of aryl methyl sites for hydroxylation is 1. The highest BCUT2D eigenvalue weighted by Gasteiger charge is 2.60. The molecule has 0 aliphatic heterocycles. The molecule has 1 aromatic heterocycles. The Kier molecular flexibility index (Phi) is 7.86. The molecule has 0 bridgehead atoms. The van der Waals surface area contributed by atoms with Gasteiger partial charge in [-0.15, -0.1) is 0 Å². The van der Waals surface area contributed by atoms with Crippen LogP contribution in [-0.2, 0) is 9.53 Å². The number of hydrogen-bond donors (Lipinski definition) is 0. The van der Waals surface area contributed by atoms with Gasteiger partial charge in [-0.25, -0.2) is 0 Å². The van der Waals surface area contributed by atoms with Crippen molar-refractivity contribution >= 4 is 17.7 Å². The number of nitrogens with zero attached hydrogens (tertiary/aromatic N) is 2. The van der Waals surface area contributed by atoms with E-state index in [1.165, 1.54) is 0 Å². The Hall–Kier alpha value is -2.08. The van der Waals surface area contributed by atoms with Gasteiger partial charge in [-0.1, -0.05) is 63.6 Å². The number of esters is 1. The fourth-order valence-corrected chi connectivity index (χ4v) is 5.32. The minimum absolute atomic E-state index is 0.00584. The molecular weight excluding hydrogens is 420 g/mol. The third kappa shape index (κ3) is 5.11. The SMILES string of the molecule is Cc1cn(-c2ccccc2)c(SCCCCCCOC(=O)C2(C)CC(C)C2(C)C)nc1=O. The molecular formula is C26H36N2O3S. The van der Waals surface area contributed by atoms with E-state index in [9.17, 15) is 9.59 Å². The summed E-state index contributed by atoms with van der Waals surface area (Å²) in [6.45, 7) is 10.9. The van der Waals surface area contributed by atoms with E-state index >= 15 is 0 Å². The summed E-state index contributed by atoms with van der Waals surface area (Å²) in [5, 5.41) is 0.728. The summed E-state index contributed by atoms with van der Waals surface area (Å²) in [7, 11) is 0. The molecule has 5 nitrogen and oxygen atoms in total. The van der Waals surface area contributed by atoms with Crippen LogP contribution >= 0.6 is 11.8 Å². The van der Waals surface area contributed by atoms with Gasteiger partial charge < -0.3 is 4.74 Å². The highest BCUT2D eigenvalue weighted by atomic mass is 32.2. The number of carbonyl (C=O) groups is 1. The molecule has 2 unspecified atom stereocenters. The van der Waals surface area contributed by atoms with E-state index in [1.54, 1.807) is 18.7 Å². The van der Waals surface area contributed by atoms with Gasteiger partial charge in [0.2, 0.25) is 0 Å². The summed E-state index contributed by atoms with van der Waals surface area (Å²) in [5.41, 5.74) is 1.13. The second-order valence-electron chi connectivity index (χ2n) is 9.77. The predicted octanol–water partition coefficient (Wildman–Crippen LogP) is 5.81. The maximum absolute atomic E-state index is 12.5. The molecule has 3 rings (SSSR count). The van der Waals surface area contributed by atoms with Gasteiger partial charge in [-0.05, 0) is 56.6 Å². The lowest BCUT2D eigenvalue weighted by molar-refractivity contribution is -0.186. The van der Waals surface area contributed by atoms with Gasteiger partial charge in [-0.2, -0.15) is 4.98 Å². The Morgan fingerprint density at radius 1 is 1.16 bits per heavy atom. The molecule has 0 saturated heterocycles. The first-order chi connectivity index (χ1) is 15.2. The van der Waals surface area contributed by atoms with E-state index in [2.05, 4.69) is 25.8 Å². The van der Waals surface area contributed by atoms with Crippen molar-refractivity contribution in [1.29, 1.82) is 0 Å². The zero-order valence-corrected chi connectivity index (χ0v) is 20.8. The maximum Gasteiger partial charge on any atom is 0.312 e. The van der Waals surface area contributed by atoms with Gasteiger partial charge in [0, 0.05) is 23.2 Å². The van der Waals surface area contributed by atoms with Crippen LogP contribution in [0, 0.1) is 23.7 Å². The van der Waals surface area contributed by atoms with Crippen LogP contribution in [0.5, 0.6) is 0 Å². The lowest BCUT2D eigenvalue weighted by Crippen LogP contribution is -2.57. The van der Waals surface area contributed by atoms with E-state index in [0.717, 1.165) is 48.7 Å². The zero-order chi connectivity index (χ0) is 23.4. The maximum atomic E-state index is 12.5. The van der Waals surface area contributed by atoms with Crippen LogP contribution in [0.2, 0.25) is 0 Å². The van der Waals surface area contributed by atoms with Gasteiger partial charge in [0.25, 0.3) is 5.56 Å². The van der Waals surface area contributed by atoms with Crippen molar-refractivity contribution in [3.63, 3.8) is 0 Å². The van der Waals surface area contributed by atoms with Crippen molar-refractivity contribution in [2.45, 2.75) is 71.9 Å². The second kappa shape index (κ2) is 10.2. The molecule has 0 radical (unpaired) electrons. The van der Waals surface area contributed by atoms with E-state index in [4.69, 9.17) is 4.74 Å². The molecule has 1 saturated carbocycles. The quantitative estimate of drug-likeness (QED) is 0.195. The van der Waals surface area contributed by atoms with Crippen LogP contribution in [0.25, 0.3) is 5.69 Å². The number of thioether (sulfide) groups is 1. The normalized spacial score (nSPS) is 21.7. The molecule has 1 aliphatic carbocycles. The van der Waals surface area contributed by atoms with Crippen LogP contribution in [0.4, 0.5) is 0 Å². The molecule has 0 amide bonds. The van der Waals surface area contributed by atoms with Gasteiger partial charge in [0.1, 0.15) is 0 Å². The van der Waals surface area contributed by atoms with Crippen LogP contribution in [-0.4, -0.2) is 27.9 Å². The molecule has 2 aromatic rings. The Morgan fingerprint density at radius 3 is 2.50 bits per heavy atom. The molecule has 174 valence electrons. The summed E-state index contributed by atoms with van der Waals surface area (Å²) in [6, 6.07) is 9.98. The number of unbranched alkanes of at least 4 members (excludes halogenated alkanes) is 3. The molecule has 1 fully saturated rings. The van der Waals surface area contributed by atoms with E-state index < -0.39 is 0 Å². The van der Waals surface area contributed by atoms with Gasteiger partial charge in [-0.3, -0.25) is 14.2 Å². The number of hydrogen-bond acceptors (Lipinski definition) is 5. The molecule has 32 heavy (non-hydrogen) atoms. The van der Waals surface area contributed by atoms with Crippen molar-refractivity contribution in [3.8, 4) is 5.69 Å². The fourth-order valence-electron chi connectivity index (χ4n) is 4.34. The highest BCUT2D eigenvalue weighted by Crippen LogP contribution is 2.60. The molecule has 1 aromatic carbocycles. The van der Waals surface area contributed by atoms with Crippen LogP contribution < -0.4 is 5.56 Å². The third-order valence-corrected chi connectivity index (χ3v) is 8.46. The molecule has 1 heterocycles. The summed E-state index contributed by atoms with van der Waals surface area (Å²) in [4.78, 5) is 28.9. The minimum atomic E-state index is -0.349. The Bertz CT molecular complexity index is 986. The number of carbonyl (C=O) groups excluding carboxylic acids is 1. The third-order valence-electron chi connectivity index (χ3n) is 7.42. The Morgan fingerprint density at radius 2 is 1.84 bits per heavy atom. The number of para-hydroxylation sites is 1. The van der Waals surface area contributed by atoms with E-state index in [1.807, 2.05) is 48.0 Å². The number of aromatic nitrogens is 2.